The smallest absolute Gasteiger partial charge is 0.257 e. The highest BCUT2D eigenvalue weighted by Gasteiger charge is 2.63. The molecule has 2 aliphatic rings. The van der Waals surface area contributed by atoms with Gasteiger partial charge in [-0.2, -0.15) is 0 Å². The summed E-state index contributed by atoms with van der Waals surface area (Å²) in [5.74, 6) is 0.282. The van der Waals surface area contributed by atoms with Crippen molar-refractivity contribution in [2.45, 2.75) is 20.3 Å². The Morgan fingerprint density at radius 3 is 2.77 bits per heavy atom. The summed E-state index contributed by atoms with van der Waals surface area (Å²) >= 11 is 0. The molecule has 1 aliphatic heterocycles. The van der Waals surface area contributed by atoms with Crippen LogP contribution in [0.15, 0.2) is 18.2 Å². The molecule has 0 aromatic heterocycles. The Labute approximate surface area is 155 Å². The topological polar surface area (TPSA) is 58.8 Å². The van der Waals surface area contributed by atoms with E-state index >= 15 is 0 Å². The Balaban J connectivity index is 1.84. The van der Waals surface area contributed by atoms with E-state index in [1.54, 1.807) is 0 Å². The van der Waals surface area contributed by atoms with Crippen LogP contribution in [0.5, 0.6) is 5.75 Å². The molecule has 2 N–H and O–H groups in total. The lowest BCUT2D eigenvalue weighted by atomic mass is 9.48. The van der Waals surface area contributed by atoms with Gasteiger partial charge in [-0.15, -0.1) is 0 Å². The maximum absolute atomic E-state index is 13.8. The molecule has 0 unspecified atom stereocenters. The highest BCUT2D eigenvalue weighted by atomic mass is 19.1. The monoisotopic (exact) mass is 363 g/mol. The van der Waals surface area contributed by atoms with Crippen molar-refractivity contribution in [3.63, 3.8) is 0 Å². The number of hydrogen-bond acceptors (Lipinski definition) is 4. The van der Waals surface area contributed by atoms with Crippen LogP contribution < -0.4 is 10.5 Å². The normalized spacial score (nSPS) is 26.6. The summed E-state index contributed by atoms with van der Waals surface area (Å²) in [5.41, 5.74) is 6.14. The van der Waals surface area contributed by atoms with Gasteiger partial charge in [0.2, 0.25) is 0 Å². The SMILES string of the molecule is CN(C)C[C@@]12CN(C(=O)c3cc(F)ccc3OCCN)C[C@@H]1C(C)(C)C2. The molecule has 1 aliphatic carbocycles. The van der Waals surface area contributed by atoms with Gasteiger partial charge in [-0.1, -0.05) is 13.8 Å². The molecule has 1 saturated carbocycles. The third kappa shape index (κ3) is 3.32. The van der Waals surface area contributed by atoms with Crippen LogP contribution in [0.3, 0.4) is 0 Å². The van der Waals surface area contributed by atoms with Gasteiger partial charge in [0.15, 0.2) is 0 Å². The summed E-state index contributed by atoms with van der Waals surface area (Å²) in [6.07, 6.45) is 1.10. The molecule has 6 heteroatoms. The predicted octanol–water partition coefficient (Wildman–Crippen LogP) is 2.21. The van der Waals surface area contributed by atoms with Gasteiger partial charge in [-0.05, 0) is 50.0 Å². The van der Waals surface area contributed by atoms with Crippen molar-refractivity contribution in [3.05, 3.63) is 29.6 Å². The number of ether oxygens (including phenoxy) is 1. The van der Waals surface area contributed by atoms with Crippen molar-refractivity contribution in [2.24, 2.45) is 22.5 Å². The minimum absolute atomic E-state index is 0.133. The first-order chi connectivity index (χ1) is 12.2. The van der Waals surface area contributed by atoms with Crippen molar-refractivity contribution in [1.29, 1.82) is 0 Å². The number of hydrogen-bond donors (Lipinski definition) is 1. The van der Waals surface area contributed by atoms with Gasteiger partial charge in [0.1, 0.15) is 18.2 Å². The van der Waals surface area contributed by atoms with E-state index in [0.717, 1.165) is 13.0 Å². The summed E-state index contributed by atoms with van der Waals surface area (Å²) in [5, 5.41) is 0. The van der Waals surface area contributed by atoms with E-state index in [-0.39, 0.29) is 22.3 Å². The third-order valence-corrected chi connectivity index (χ3v) is 5.86. The number of halogens is 1. The maximum Gasteiger partial charge on any atom is 0.257 e. The van der Waals surface area contributed by atoms with Crippen LogP contribution in [0.1, 0.15) is 30.6 Å². The summed E-state index contributed by atoms with van der Waals surface area (Å²) < 4.78 is 19.4. The number of rotatable bonds is 6. The van der Waals surface area contributed by atoms with Crippen molar-refractivity contribution in [2.75, 3.05) is 46.9 Å². The Kier molecular flexibility index (Phi) is 5.01. The van der Waals surface area contributed by atoms with E-state index in [0.29, 0.717) is 37.9 Å². The highest BCUT2D eigenvalue weighted by molar-refractivity contribution is 5.97. The molecule has 144 valence electrons. The Morgan fingerprint density at radius 2 is 2.15 bits per heavy atom. The molecule has 1 aromatic rings. The van der Waals surface area contributed by atoms with Crippen LogP contribution in [0.25, 0.3) is 0 Å². The Hall–Kier alpha value is -1.66. The fourth-order valence-electron chi connectivity index (χ4n) is 5.26. The van der Waals surface area contributed by atoms with Crippen molar-refractivity contribution in [1.82, 2.24) is 9.80 Å². The first-order valence-electron chi connectivity index (χ1n) is 9.25. The number of amides is 1. The number of carbonyl (C=O) groups excluding carboxylic acids is 1. The largest absolute Gasteiger partial charge is 0.491 e. The second-order valence-corrected chi connectivity index (χ2v) is 8.78. The number of nitrogens with zero attached hydrogens (tertiary/aromatic N) is 2. The van der Waals surface area contributed by atoms with E-state index in [2.05, 4.69) is 32.8 Å². The molecule has 1 aromatic carbocycles. The van der Waals surface area contributed by atoms with Gasteiger partial charge in [0, 0.05) is 31.6 Å². The summed E-state index contributed by atoms with van der Waals surface area (Å²) in [6, 6.07) is 4.10. The van der Waals surface area contributed by atoms with Crippen LogP contribution in [-0.4, -0.2) is 62.6 Å². The van der Waals surface area contributed by atoms with E-state index < -0.39 is 5.82 Å². The molecule has 1 amide bonds. The second-order valence-electron chi connectivity index (χ2n) is 8.78. The average molecular weight is 363 g/mol. The van der Waals surface area contributed by atoms with Gasteiger partial charge in [0.25, 0.3) is 5.91 Å². The number of carbonyl (C=O) groups is 1. The maximum atomic E-state index is 13.8. The Morgan fingerprint density at radius 1 is 1.42 bits per heavy atom. The lowest BCUT2D eigenvalue weighted by Crippen LogP contribution is -2.57. The molecule has 1 saturated heterocycles. The van der Waals surface area contributed by atoms with Crippen molar-refractivity contribution < 1.29 is 13.9 Å². The number of likely N-dealkylation sites (tertiary alicyclic amines) is 1. The molecule has 0 spiro atoms. The minimum Gasteiger partial charge on any atom is -0.491 e. The molecule has 26 heavy (non-hydrogen) atoms. The van der Waals surface area contributed by atoms with Gasteiger partial charge in [-0.25, -0.2) is 4.39 Å². The fourth-order valence-corrected chi connectivity index (χ4v) is 5.26. The zero-order valence-corrected chi connectivity index (χ0v) is 16.2. The van der Waals surface area contributed by atoms with Crippen LogP contribution in [0.4, 0.5) is 4.39 Å². The van der Waals surface area contributed by atoms with Crippen molar-refractivity contribution >= 4 is 5.91 Å². The first kappa shape index (κ1) is 19.1. The van der Waals surface area contributed by atoms with E-state index in [4.69, 9.17) is 10.5 Å². The predicted molar refractivity (Wildman–Crippen MR) is 99.7 cm³/mol. The minimum atomic E-state index is -0.432. The third-order valence-electron chi connectivity index (χ3n) is 5.86. The van der Waals surface area contributed by atoms with Crippen LogP contribution >= 0.6 is 0 Å². The summed E-state index contributed by atoms with van der Waals surface area (Å²) in [7, 11) is 4.15. The fraction of sp³-hybridized carbons (Fsp3) is 0.650. The molecule has 0 radical (unpaired) electrons. The van der Waals surface area contributed by atoms with E-state index in [1.165, 1.54) is 18.2 Å². The standard InChI is InChI=1S/C20H30FN3O2/c1-19(2)11-20(12-23(3)4)13-24(10-17(19)20)18(25)15-9-14(21)5-6-16(15)26-8-7-22/h5-6,9,17H,7-8,10-13,22H2,1-4H3/t17-,20+/m1/s1. The van der Waals surface area contributed by atoms with E-state index in [1.807, 2.05) is 4.90 Å². The molecule has 0 bridgehead atoms. The number of benzene rings is 1. The van der Waals surface area contributed by atoms with Gasteiger partial charge in [0.05, 0.1) is 5.56 Å². The number of fused-ring (bicyclic) bond motifs is 1. The average Bonchev–Trinajstić information content (AvgIpc) is 2.86. The first-order valence-corrected chi connectivity index (χ1v) is 9.25. The zero-order chi connectivity index (χ0) is 19.1. The van der Waals surface area contributed by atoms with Gasteiger partial charge in [-0.3, -0.25) is 4.79 Å². The summed E-state index contributed by atoms with van der Waals surface area (Å²) in [6.45, 7) is 7.58. The molecule has 2 atom stereocenters. The Bertz CT molecular complexity index is 688. The quantitative estimate of drug-likeness (QED) is 0.842. The molecular weight excluding hydrogens is 333 g/mol. The van der Waals surface area contributed by atoms with Crippen LogP contribution in [-0.2, 0) is 0 Å². The lowest BCUT2D eigenvalue weighted by molar-refractivity contribution is -0.0789. The zero-order valence-electron chi connectivity index (χ0n) is 16.2. The highest BCUT2D eigenvalue weighted by Crippen LogP contribution is 2.63. The number of nitrogens with two attached hydrogens (primary N) is 1. The van der Waals surface area contributed by atoms with Gasteiger partial charge < -0.3 is 20.3 Å². The van der Waals surface area contributed by atoms with Crippen molar-refractivity contribution in [3.8, 4) is 5.75 Å². The molecule has 5 nitrogen and oxygen atoms in total. The lowest BCUT2D eigenvalue weighted by Gasteiger charge is -2.57. The molecule has 2 fully saturated rings. The second kappa shape index (κ2) is 6.82. The van der Waals surface area contributed by atoms with E-state index in [9.17, 15) is 9.18 Å². The van der Waals surface area contributed by atoms with Gasteiger partial charge >= 0.3 is 0 Å². The molecule has 3 rings (SSSR count). The van der Waals surface area contributed by atoms with Crippen LogP contribution in [0.2, 0.25) is 0 Å². The van der Waals surface area contributed by atoms with Crippen LogP contribution in [0, 0.1) is 22.6 Å². The molecular formula is C20H30FN3O2. The summed E-state index contributed by atoms with van der Waals surface area (Å²) in [4.78, 5) is 17.3. The molecule has 1 heterocycles.